The maximum atomic E-state index is 13.0. The minimum Gasteiger partial charge on any atom is -0.497 e. The number of methoxy groups -OCH3 is 1. The Morgan fingerprint density at radius 1 is 1.06 bits per heavy atom. The summed E-state index contributed by atoms with van der Waals surface area (Å²) in [6.07, 6.45) is 1.30. The van der Waals surface area contributed by atoms with E-state index in [1.807, 2.05) is 69.0 Å². The van der Waals surface area contributed by atoms with Gasteiger partial charge in [-0.2, -0.15) is 0 Å². The Morgan fingerprint density at radius 2 is 1.79 bits per heavy atom. The van der Waals surface area contributed by atoms with Crippen LogP contribution in [0.4, 0.5) is 5.82 Å². The van der Waals surface area contributed by atoms with E-state index in [1.165, 1.54) is 0 Å². The predicted molar refractivity (Wildman–Crippen MR) is 134 cm³/mol. The van der Waals surface area contributed by atoms with Crippen LogP contribution < -0.4 is 9.64 Å². The summed E-state index contributed by atoms with van der Waals surface area (Å²) in [4.78, 5) is 31.4. The second-order valence-corrected chi connectivity index (χ2v) is 9.25. The molecule has 1 aromatic carbocycles. The number of aromatic nitrogens is 2. The molecule has 0 unspecified atom stereocenters. The fraction of sp³-hybridized carbons (Fsp3) is 0.538. The van der Waals surface area contributed by atoms with Gasteiger partial charge in [-0.05, 0) is 43.5 Å². The van der Waals surface area contributed by atoms with E-state index in [1.54, 1.807) is 12.0 Å². The molecular weight excluding hydrogens is 430 g/mol. The maximum Gasteiger partial charge on any atom is 0.242 e. The van der Waals surface area contributed by atoms with E-state index in [2.05, 4.69) is 15.1 Å². The topological polar surface area (TPSA) is 78.9 Å². The Balaban J connectivity index is 1.57. The molecular formula is C26H37N5O3. The Kier molecular flexibility index (Phi) is 8.85. The molecule has 0 N–H and O–H groups in total. The smallest absolute Gasteiger partial charge is 0.242 e. The first-order valence-electron chi connectivity index (χ1n) is 12.1. The summed E-state index contributed by atoms with van der Waals surface area (Å²) in [5.41, 5.74) is 1.74. The van der Waals surface area contributed by atoms with Crippen molar-refractivity contribution in [2.45, 2.75) is 46.6 Å². The number of carbonyl (C=O) groups is 2. The van der Waals surface area contributed by atoms with Crippen LogP contribution in [0.2, 0.25) is 0 Å². The normalized spacial score (nSPS) is 14.8. The van der Waals surface area contributed by atoms with Gasteiger partial charge in [-0.25, -0.2) is 0 Å². The van der Waals surface area contributed by atoms with Crippen molar-refractivity contribution in [1.82, 2.24) is 20.0 Å². The van der Waals surface area contributed by atoms with Crippen molar-refractivity contribution in [1.29, 1.82) is 0 Å². The van der Waals surface area contributed by atoms with Gasteiger partial charge in [0.2, 0.25) is 11.8 Å². The van der Waals surface area contributed by atoms with Gasteiger partial charge >= 0.3 is 0 Å². The lowest BCUT2D eigenvalue weighted by Crippen LogP contribution is -2.53. The van der Waals surface area contributed by atoms with Crippen LogP contribution in [0, 0.1) is 5.92 Å². The quantitative estimate of drug-likeness (QED) is 0.562. The number of nitrogens with zero attached hydrogens (tertiary/aromatic N) is 5. The van der Waals surface area contributed by atoms with Crippen LogP contribution in [0.25, 0.3) is 11.3 Å². The van der Waals surface area contributed by atoms with Crippen LogP contribution in [0.3, 0.4) is 0 Å². The van der Waals surface area contributed by atoms with Crippen LogP contribution >= 0.6 is 0 Å². The van der Waals surface area contributed by atoms with Gasteiger partial charge in [0.1, 0.15) is 5.75 Å². The van der Waals surface area contributed by atoms with E-state index >= 15 is 0 Å². The standard InChI is InChI=1S/C26H37N5O3/c1-6-20(4)31(25(32)16-19(2)3)18-26(33)30-14-12-29(13-15-30)24-11-10-23(27-28-24)21-8-7-9-22(17-21)34-5/h7-11,17,19-20H,6,12-16,18H2,1-5H3/t20-/m1/s1. The number of ether oxygens (including phenoxy) is 1. The zero-order valence-electron chi connectivity index (χ0n) is 21.0. The van der Waals surface area contributed by atoms with E-state index in [-0.39, 0.29) is 30.3 Å². The van der Waals surface area contributed by atoms with Crippen molar-refractivity contribution in [2.75, 3.05) is 44.7 Å². The highest BCUT2D eigenvalue weighted by molar-refractivity contribution is 5.85. The molecule has 0 radical (unpaired) electrons. The molecule has 1 saturated heterocycles. The summed E-state index contributed by atoms with van der Waals surface area (Å²) in [7, 11) is 1.64. The third-order valence-electron chi connectivity index (χ3n) is 6.30. The van der Waals surface area contributed by atoms with Crippen molar-refractivity contribution in [3.8, 4) is 17.0 Å². The summed E-state index contributed by atoms with van der Waals surface area (Å²) in [5.74, 6) is 1.92. The van der Waals surface area contributed by atoms with E-state index in [4.69, 9.17) is 4.74 Å². The molecule has 8 nitrogen and oxygen atoms in total. The molecule has 0 spiro atoms. The van der Waals surface area contributed by atoms with Crippen LogP contribution in [0.15, 0.2) is 36.4 Å². The van der Waals surface area contributed by atoms with Crippen molar-refractivity contribution >= 4 is 17.6 Å². The van der Waals surface area contributed by atoms with Crippen LogP contribution in [-0.4, -0.2) is 77.7 Å². The molecule has 1 aliphatic heterocycles. The number of carbonyl (C=O) groups excluding carboxylic acids is 2. The highest BCUT2D eigenvalue weighted by Gasteiger charge is 2.27. The maximum absolute atomic E-state index is 13.0. The molecule has 1 aromatic heterocycles. The summed E-state index contributed by atoms with van der Waals surface area (Å²) in [6.45, 7) is 10.8. The van der Waals surface area contributed by atoms with Gasteiger partial charge < -0.3 is 19.4 Å². The van der Waals surface area contributed by atoms with Gasteiger partial charge in [0.05, 0.1) is 19.3 Å². The van der Waals surface area contributed by atoms with E-state index in [0.717, 1.165) is 29.2 Å². The fourth-order valence-corrected chi connectivity index (χ4v) is 4.04. The second kappa shape index (κ2) is 11.8. The van der Waals surface area contributed by atoms with Gasteiger partial charge in [-0.1, -0.05) is 32.9 Å². The Hall–Kier alpha value is -3.16. The predicted octanol–water partition coefficient (Wildman–Crippen LogP) is 3.47. The molecule has 2 heterocycles. The zero-order chi connectivity index (χ0) is 24.7. The number of rotatable bonds is 9. The van der Waals surface area contributed by atoms with Gasteiger partial charge in [0, 0.05) is 44.2 Å². The molecule has 1 fully saturated rings. The van der Waals surface area contributed by atoms with Crippen molar-refractivity contribution in [3.05, 3.63) is 36.4 Å². The minimum absolute atomic E-state index is 0.0107. The molecule has 0 aliphatic carbocycles. The molecule has 184 valence electrons. The molecule has 2 aromatic rings. The van der Waals surface area contributed by atoms with E-state index in [9.17, 15) is 9.59 Å². The number of anilines is 1. The molecule has 0 saturated carbocycles. The molecule has 1 atom stereocenters. The summed E-state index contributed by atoms with van der Waals surface area (Å²) < 4.78 is 5.29. The molecule has 2 amide bonds. The summed E-state index contributed by atoms with van der Waals surface area (Å²) >= 11 is 0. The van der Waals surface area contributed by atoms with Gasteiger partial charge in [0.25, 0.3) is 0 Å². The SMILES string of the molecule is CC[C@@H](C)N(CC(=O)N1CCN(c2ccc(-c3cccc(OC)c3)nn2)CC1)C(=O)CC(C)C. The lowest BCUT2D eigenvalue weighted by Gasteiger charge is -2.37. The molecule has 1 aliphatic rings. The lowest BCUT2D eigenvalue weighted by atomic mass is 10.1. The average molecular weight is 468 g/mol. The number of piperazine rings is 1. The number of benzene rings is 1. The summed E-state index contributed by atoms with van der Waals surface area (Å²) in [6, 6.07) is 11.7. The zero-order valence-corrected chi connectivity index (χ0v) is 21.0. The monoisotopic (exact) mass is 467 g/mol. The number of hydrogen-bond acceptors (Lipinski definition) is 6. The van der Waals surface area contributed by atoms with Crippen molar-refractivity contribution in [2.24, 2.45) is 5.92 Å². The van der Waals surface area contributed by atoms with Crippen molar-refractivity contribution in [3.63, 3.8) is 0 Å². The average Bonchev–Trinajstić information content (AvgIpc) is 2.86. The third-order valence-corrected chi connectivity index (χ3v) is 6.30. The number of hydrogen-bond donors (Lipinski definition) is 0. The first kappa shape index (κ1) is 25.5. The first-order chi connectivity index (χ1) is 16.3. The van der Waals surface area contributed by atoms with Crippen LogP contribution in [-0.2, 0) is 9.59 Å². The van der Waals surface area contributed by atoms with Crippen LogP contribution in [0.1, 0.15) is 40.5 Å². The van der Waals surface area contributed by atoms with Gasteiger partial charge in [0.15, 0.2) is 5.82 Å². The fourth-order valence-electron chi connectivity index (χ4n) is 4.04. The van der Waals surface area contributed by atoms with Crippen LogP contribution in [0.5, 0.6) is 5.75 Å². The number of amides is 2. The highest BCUT2D eigenvalue weighted by Crippen LogP contribution is 2.23. The third kappa shape index (κ3) is 6.46. The second-order valence-electron chi connectivity index (χ2n) is 9.25. The Labute approximate surface area is 202 Å². The van der Waals surface area contributed by atoms with Crippen molar-refractivity contribution < 1.29 is 14.3 Å². The largest absolute Gasteiger partial charge is 0.497 e. The highest BCUT2D eigenvalue weighted by atomic mass is 16.5. The molecule has 8 heteroatoms. The Morgan fingerprint density at radius 3 is 2.38 bits per heavy atom. The summed E-state index contributed by atoms with van der Waals surface area (Å²) in [5, 5.41) is 8.81. The molecule has 3 rings (SSSR count). The first-order valence-corrected chi connectivity index (χ1v) is 12.1. The van der Waals surface area contributed by atoms with Gasteiger partial charge in [-0.3, -0.25) is 9.59 Å². The minimum atomic E-state index is 0.0107. The molecule has 34 heavy (non-hydrogen) atoms. The lowest BCUT2D eigenvalue weighted by molar-refractivity contribution is -0.143. The van der Waals surface area contributed by atoms with E-state index in [0.29, 0.717) is 32.6 Å². The molecule has 0 bridgehead atoms. The van der Waals surface area contributed by atoms with Gasteiger partial charge in [-0.15, -0.1) is 10.2 Å². The Bertz CT molecular complexity index is 955. The van der Waals surface area contributed by atoms with E-state index < -0.39 is 0 Å².